The van der Waals surface area contributed by atoms with E-state index in [9.17, 15) is 0 Å². The van der Waals surface area contributed by atoms with Crippen LogP contribution in [0.1, 0.15) is 0 Å². The minimum Gasteiger partial charge on any atom is -0.456 e. The molecule has 0 aliphatic carbocycles. The zero-order valence-electron chi connectivity index (χ0n) is 76.1. The summed E-state index contributed by atoms with van der Waals surface area (Å²) in [5.74, 6) is 0. The van der Waals surface area contributed by atoms with Crippen molar-refractivity contribution in [1.29, 1.82) is 0 Å². The Hall–Kier alpha value is -18.1. The van der Waals surface area contributed by atoms with Gasteiger partial charge < -0.3 is 31.4 Å². The van der Waals surface area contributed by atoms with Gasteiger partial charge >= 0.3 is 0 Å². The largest absolute Gasteiger partial charge is 0.456 e. The van der Waals surface area contributed by atoms with Crippen molar-refractivity contribution in [2.24, 2.45) is 0 Å². The summed E-state index contributed by atoms with van der Waals surface area (Å²) in [5.41, 5.74) is 39.1. The van der Waals surface area contributed by atoms with Crippen molar-refractivity contribution in [1.82, 2.24) is 13.7 Å². The fourth-order valence-corrected chi connectivity index (χ4v) is 24.5. The predicted molar refractivity (Wildman–Crippen MR) is 594 cm³/mol. The van der Waals surface area contributed by atoms with Crippen molar-refractivity contribution in [3.63, 3.8) is 0 Å². The van der Waals surface area contributed by atoms with Crippen molar-refractivity contribution >= 4 is 184 Å². The minimum atomic E-state index is 0.885. The second-order valence-electron chi connectivity index (χ2n) is 36.2. The fourth-order valence-electron chi connectivity index (χ4n) is 21.8. The van der Waals surface area contributed by atoms with Crippen LogP contribution in [-0.4, -0.2) is 13.7 Å². The van der Waals surface area contributed by atoms with Crippen LogP contribution in [0.4, 0.5) is 0 Å². The molecule has 30 aromatic rings. The highest BCUT2D eigenvalue weighted by molar-refractivity contribution is 7.27. The average molecular weight is 1840 g/mol. The van der Waals surface area contributed by atoms with Gasteiger partial charge in [-0.1, -0.05) is 394 Å². The number of nitrogens with zero attached hydrogens (tertiary/aromatic N) is 3. The van der Waals surface area contributed by atoms with Crippen molar-refractivity contribution < 1.29 is 17.7 Å². The normalized spacial score (nSPS) is 11.8. The second kappa shape index (κ2) is 33.4. The summed E-state index contributed by atoms with van der Waals surface area (Å²) in [7, 11) is 0. The van der Waals surface area contributed by atoms with Crippen LogP contribution in [-0.2, 0) is 0 Å². The summed E-state index contributed by atoms with van der Waals surface area (Å²) >= 11 is 3.79. The van der Waals surface area contributed by atoms with Gasteiger partial charge in [0.2, 0.25) is 0 Å². The molecule has 0 spiro atoms. The van der Waals surface area contributed by atoms with Gasteiger partial charge in [0.15, 0.2) is 5.58 Å². The summed E-state index contributed by atoms with van der Waals surface area (Å²) in [5, 5.41) is 14.2. The molecule has 0 bridgehead atoms. The van der Waals surface area contributed by atoms with Crippen LogP contribution in [0, 0.1) is 0 Å². The molecule has 0 saturated heterocycles. The van der Waals surface area contributed by atoms with Gasteiger partial charge in [0, 0.05) is 102 Å². The highest BCUT2D eigenvalue weighted by Crippen LogP contribution is 2.52. The Kier molecular flexibility index (Phi) is 19.3. The standard InChI is InChI=1S/C44H27NO2.2C44H27NOS/c1-3-12-28(13-4-1)34-19-9-20-36-40-32(17-10-22-38(40)46-43(34)36)29-24-26-30(27-25-29)33-18-11-23-39-41(33)42-44(47-39)35-16-7-8-21-37(35)45(42)31-14-5-2-6-15-31;1-3-12-28(13-4-1)32-17-9-20-35-36-21-10-18-33(42(36)46-41(32)35)29-24-26-30(27-25-29)34-19-11-22-38-40-44(47-43(34)38)37-16-7-8-23-39(37)45(40)31-14-5-2-6-15-31;1-3-10-28(11-4-1)31-22-24-35-36-25-23-32(27-41(36)46-40(35)26-31)29-18-20-30(21-19-29)34-15-9-16-38-42-44(47-43(34)38)37-14-7-8-17-39(37)45(42)33-12-5-2-6-13-33/h3*1-27H. The lowest BCUT2D eigenvalue weighted by Crippen LogP contribution is -1.93. The first kappa shape index (κ1) is 81.3. The number of rotatable bonds is 12. The lowest BCUT2D eigenvalue weighted by Gasteiger charge is -2.10. The predicted octanol–water partition coefficient (Wildman–Crippen LogP) is 38.2. The second-order valence-corrected chi connectivity index (χ2v) is 38.3. The molecule has 141 heavy (non-hydrogen) atoms. The van der Waals surface area contributed by atoms with E-state index in [1.807, 2.05) is 40.9 Å². The minimum absolute atomic E-state index is 0.885. The maximum atomic E-state index is 6.70. The Morgan fingerprint density at radius 1 is 0.149 bits per heavy atom. The lowest BCUT2D eigenvalue weighted by molar-refractivity contribution is 0.669. The van der Waals surface area contributed by atoms with Crippen LogP contribution in [0.3, 0.4) is 0 Å². The summed E-state index contributed by atoms with van der Waals surface area (Å²) < 4.78 is 38.7. The molecule has 0 fully saturated rings. The Labute approximate surface area is 817 Å². The molecule has 0 saturated carbocycles. The van der Waals surface area contributed by atoms with Gasteiger partial charge in [0.25, 0.3) is 0 Å². The van der Waals surface area contributed by atoms with E-state index in [2.05, 4.69) is 487 Å². The molecule has 0 N–H and O–H groups in total. The van der Waals surface area contributed by atoms with Crippen LogP contribution in [0.15, 0.2) is 509 Å². The van der Waals surface area contributed by atoms with Crippen molar-refractivity contribution in [2.75, 3.05) is 0 Å². The number of thiophene rings is 2. The molecule has 9 heterocycles. The quantitative estimate of drug-likeness (QED) is 0.122. The first-order chi connectivity index (χ1) is 70.0. The van der Waals surface area contributed by atoms with Crippen LogP contribution >= 0.6 is 22.7 Å². The molecule has 0 unspecified atom stereocenters. The van der Waals surface area contributed by atoms with Crippen LogP contribution < -0.4 is 0 Å². The number of para-hydroxylation sites is 9. The molecular weight excluding hydrogens is 1760 g/mol. The van der Waals surface area contributed by atoms with E-state index in [-0.39, 0.29) is 0 Å². The SMILES string of the molecule is c1ccc(-c2ccc3c(c2)oc2cc(-c4ccc(-c5cccc6c5sc5c7ccccc7n(-c7ccccc7)c65)cc4)ccc23)cc1.c1ccc(-c2cccc3c2oc2c(-c4ccc(-c5cccc6c5sc5c7ccccc7n(-c7ccccc7)c65)cc4)cccc23)cc1.c1ccc(-c2cccc3c2oc2cccc(-c4ccc(-c5cccc6oc7c8ccccc8n(-c8ccccc8)c7c56)cc4)c23)cc1. The number of fused-ring (bicyclic) bond motifs is 24. The zero-order chi connectivity index (χ0) is 92.7. The molecule has 30 rings (SSSR count). The molecule has 0 amide bonds. The fraction of sp³-hybridized carbons (Fsp3) is 0. The van der Waals surface area contributed by atoms with Crippen LogP contribution in [0.25, 0.3) is 278 Å². The van der Waals surface area contributed by atoms with Gasteiger partial charge in [-0.05, 0) is 181 Å². The molecular formula is C132H81N3O4S2. The third-order valence-electron chi connectivity index (χ3n) is 28.3. The van der Waals surface area contributed by atoms with E-state index in [0.717, 1.165) is 171 Å². The van der Waals surface area contributed by atoms with Gasteiger partial charge in [-0.2, -0.15) is 0 Å². The zero-order valence-corrected chi connectivity index (χ0v) is 77.7. The lowest BCUT2D eigenvalue weighted by atomic mass is 9.95. The summed E-state index contributed by atoms with van der Waals surface area (Å²) in [4.78, 5) is 0. The van der Waals surface area contributed by atoms with E-state index in [1.165, 1.54) is 107 Å². The maximum absolute atomic E-state index is 6.70. The van der Waals surface area contributed by atoms with Gasteiger partial charge in [0.05, 0.1) is 42.4 Å². The number of furan rings is 4. The van der Waals surface area contributed by atoms with Crippen molar-refractivity contribution in [3.05, 3.63) is 491 Å². The summed E-state index contributed by atoms with van der Waals surface area (Å²) in [6.45, 7) is 0. The first-order valence-corrected chi connectivity index (χ1v) is 49.4. The topological polar surface area (TPSA) is 67.3 Å². The third kappa shape index (κ3) is 13.4. The van der Waals surface area contributed by atoms with Crippen LogP contribution in [0.2, 0.25) is 0 Å². The number of hydrogen-bond donors (Lipinski definition) is 0. The monoisotopic (exact) mass is 1840 g/mol. The van der Waals surface area contributed by atoms with Gasteiger partial charge in [0.1, 0.15) is 44.6 Å². The van der Waals surface area contributed by atoms with Crippen molar-refractivity contribution in [3.8, 4) is 117 Å². The van der Waals surface area contributed by atoms with E-state index in [1.54, 1.807) is 0 Å². The maximum Gasteiger partial charge on any atom is 0.161 e. The van der Waals surface area contributed by atoms with Gasteiger partial charge in [-0.25, -0.2) is 0 Å². The summed E-state index contributed by atoms with van der Waals surface area (Å²) in [6.07, 6.45) is 0. The number of hydrogen-bond acceptors (Lipinski definition) is 6. The number of aromatic nitrogens is 3. The smallest absolute Gasteiger partial charge is 0.161 e. The molecule has 21 aromatic carbocycles. The Balaban J connectivity index is 0.000000104. The molecule has 7 nitrogen and oxygen atoms in total. The van der Waals surface area contributed by atoms with Crippen molar-refractivity contribution in [2.45, 2.75) is 0 Å². The first-order valence-electron chi connectivity index (χ1n) is 47.8. The molecule has 0 aliphatic heterocycles. The highest BCUT2D eigenvalue weighted by atomic mass is 32.1. The molecule has 0 aliphatic rings. The average Bonchev–Trinajstić information content (AvgIpc) is 1.56. The molecule has 9 heteroatoms. The Bertz CT molecular complexity index is 10100. The molecule has 0 atom stereocenters. The Morgan fingerprint density at radius 2 is 0.440 bits per heavy atom. The van der Waals surface area contributed by atoms with Gasteiger partial charge in [-0.15, -0.1) is 22.7 Å². The van der Waals surface area contributed by atoms with E-state index < -0.39 is 0 Å². The van der Waals surface area contributed by atoms with E-state index in [4.69, 9.17) is 17.7 Å². The highest BCUT2D eigenvalue weighted by Gasteiger charge is 2.27. The molecule has 660 valence electrons. The molecule has 9 aromatic heterocycles. The number of benzene rings is 21. The Morgan fingerprint density at radius 3 is 0.894 bits per heavy atom. The van der Waals surface area contributed by atoms with Crippen LogP contribution in [0.5, 0.6) is 0 Å². The van der Waals surface area contributed by atoms with Gasteiger partial charge in [-0.3, -0.25) is 0 Å². The summed E-state index contributed by atoms with van der Waals surface area (Å²) in [6, 6.07) is 175. The van der Waals surface area contributed by atoms with E-state index in [0.29, 0.717) is 0 Å². The van der Waals surface area contributed by atoms with E-state index >= 15 is 0 Å². The third-order valence-corrected chi connectivity index (χ3v) is 30.8. The molecule has 0 radical (unpaired) electrons.